The number of fused-ring (bicyclic) bond motifs is 2. The highest BCUT2D eigenvalue weighted by Gasteiger charge is 2.82. The van der Waals surface area contributed by atoms with E-state index in [1.54, 1.807) is 0 Å². The molecule has 0 spiro atoms. The van der Waals surface area contributed by atoms with Gasteiger partial charge >= 0.3 is 0 Å². The number of hydrogen-bond acceptors (Lipinski definition) is 4. The third-order valence-electron chi connectivity index (χ3n) is 6.10. The van der Waals surface area contributed by atoms with Crippen LogP contribution in [0, 0.1) is 47.3 Å². The van der Waals surface area contributed by atoms with Crippen LogP contribution in [0.2, 0.25) is 0 Å². The predicted molar refractivity (Wildman–Crippen MR) is 51.0 cm³/mol. The molecule has 0 heterocycles. The molecule has 15 heavy (non-hydrogen) atoms. The second-order valence-corrected chi connectivity index (χ2v) is 5.87. The maximum absolute atomic E-state index is 9.13. The van der Waals surface area contributed by atoms with Gasteiger partial charge in [-0.15, -0.1) is 0 Å². The molecule has 0 aromatic carbocycles. The summed E-state index contributed by atoms with van der Waals surface area (Å²) in [6.07, 6.45) is 1.29. The van der Waals surface area contributed by atoms with E-state index in [0.29, 0.717) is 23.7 Å². The first-order valence-electron chi connectivity index (χ1n) is 5.82. The van der Waals surface area contributed by atoms with Gasteiger partial charge in [-0.05, 0) is 30.1 Å². The van der Waals surface area contributed by atoms with Crippen LogP contribution in [0.15, 0.2) is 10.3 Å². The van der Waals surface area contributed by atoms with Gasteiger partial charge in [-0.2, -0.15) is 0 Å². The standard InChI is InChI=1S/C11H12N2O2/c14-12-10-6-2-1-3-5-4(2)8(10)9(5)11(13-15)7(3)6/h2-9,14-15H,1H2. The molecule has 0 aromatic heterocycles. The molecule has 0 aliphatic heterocycles. The molecular weight excluding hydrogens is 192 g/mol. The summed E-state index contributed by atoms with van der Waals surface area (Å²) in [5, 5.41) is 25.4. The Morgan fingerprint density at radius 3 is 1.67 bits per heavy atom. The predicted octanol–water partition coefficient (Wildman–Crippen LogP) is 1.03. The third kappa shape index (κ3) is 0.446. The Bertz CT molecular complexity index is 400. The zero-order valence-electron chi connectivity index (χ0n) is 8.11. The van der Waals surface area contributed by atoms with Gasteiger partial charge in [0.1, 0.15) is 0 Å². The van der Waals surface area contributed by atoms with E-state index in [2.05, 4.69) is 10.3 Å². The molecule has 5 aliphatic rings. The van der Waals surface area contributed by atoms with E-state index in [4.69, 9.17) is 10.4 Å². The average Bonchev–Trinajstić information content (AvgIpc) is 2.73. The van der Waals surface area contributed by atoms with Crippen molar-refractivity contribution in [3.63, 3.8) is 0 Å². The first-order chi connectivity index (χ1) is 7.38. The van der Waals surface area contributed by atoms with Crippen LogP contribution in [0.3, 0.4) is 0 Å². The quantitative estimate of drug-likeness (QED) is 0.457. The van der Waals surface area contributed by atoms with Crippen LogP contribution in [-0.2, 0) is 0 Å². The van der Waals surface area contributed by atoms with E-state index < -0.39 is 0 Å². The van der Waals surface area contributed by atoms with Gasteiger partial charge in [-0.3, -0.25) is 0 Å². The molecule has 4 nitrogen and oxygen atoms in total. The molecule has 0 saturated heterocycles. The topological polar surface area (TPSA) is 65.2 Å². The van der Waals surface area contributed by atoms with Crippen molar-refractivity contribution in [2.75, 3.05) is 0 Å². The van der Waals surface area contributed by atoms with Crippen molar-refractivity contribution in [2.45, 2.75) is 6.42 Å². The maximum Gasteiger partial charge on any atom is 0.0651 e. The average molecular weight is 204 g/mol. The van der Waals surface area contributed by atoms with Crippen LogP contribution in [0.5, 0.6) is 0 Å². The summed E-state index contributed by atoms with van der Waals surface area (Å²) in [6.45, 7) is 0. The van der Waals surface area contributed by atoms with Gasteiger partial charge in [0.25, 0.3) is 0 Å². The maximum atomic E-state index is 9.13. The van der Waals surface area contributed by atoms with Crippen LogP contribution in [0.4, 0.5) is 0 Å². The van der Waals surface area contributed by atoms with Gasteiger partial charge < -0.3 is 10.4 Å². The zero-order valence-corrected chi connectivity index (χ0v) is 8.11. The summed E-state index contributed by atoms with van der Waals surface area (Å²) in [7, 11) is 0. The van der Waals surface area contributed by atoms with Gasteiger partial charge in [0.15, 0.2) is 0 Å². The van der Waals surface area contributed by atoms with Gasteiger partial charge in [0.05, 0.1) is 11.4 Å². The molecule has 78 valence electrons. The summed E-state index contributed by atoms with van der Waals surface area (Å²) < 4.78 is 0. The lowest BCUT2D eigenvalue weighted by Gasteiger charge is -2.44. The second-order valence-electron chi connectivity index (χ2n) is 5.87. The molecule has 8 atom stereocenters. The smallest absolute Gasteiger partial charge is 0.0651 e. The molecule has 4 heteroatoms. The van der Waals surface area contributed by atoms with Crippen molar-refractivity contribution in [3.8, 4) is 0 Å². The van der Waals surface area contributed by atoms with Crippen molar-refractivity contribution < 1.29 is 10.4 Å². The van der Waals surface area contributed by atoms with Gasteiger partial charge in [0, 0.05) is 23.7 Å². The molecule has 5 aliphatic carbocycles. The fourth-order valence-corrected chi connectivity index (χ4v) is 6.13. The molecule has 2 bridgehead atoms. The van der Waals surface area contributed by atoms with Crippen molar-refractivity contribution in [1.29, 1.82) is 0 Å². The number of rotatable bonds is 0. The van der Waals surface area contributed by atoms with Crippen LogP contribution in [0.25, 0.3) is 0 Å². The lowest BCUT2D eigenvalue weighted by Crippen LogP contribution is -2.48. The molecule has 5 rings (SSSR count). The Morgan fingerprint density at radius 2 is 1.27 bits per heavy atom. The minimum atomic E-state index is 0.427. The van der Waals surface area contributed by atoms with E-state index in [9.17, 15) is 0 Å². The first-order valence-corrected chi connectivity index (χ1v) is 5.82. The molecule has 0 amide bonds. The van der Waals surface area contributed by atoms with Crippen molar-refractivity contribution in [3.05, 3.63) is 0 Å². The van der Waals surface area contributed by atoms with Crippen LogP contribution in [0.1, 0.15) is 6.42 Å². The van der Waals surface area contributed by atoms with Gasteiger partial charge in [-0.1, -0.05) is 10.3 Å². The molecule has 8 unspecified atom stereocenters. The summed E-state index contributed by atoms with van der Waals surface area (Å²) in [5.41, 5.74) is 2.09. The van der Waals surface area contributed by atoms with E-state index in [1.807, 2.05) is 0 Å². The highest BCUT2D eigenvalue weighted by molar-refractivity contribution is 6.10. The van der Waals surface area contributed by atoms with E-state index >= 15 is 0 Å². The van der Waals surface area contributed by atoms with Gasteiger partial charge in [0.2, 0.25) is 0 Å². The number of nitrogens with zero attached hydrogens (tertiary/aromatic N) is 2. The van der Waals surface area contributed by atoms with E-state index in [1.165, 1.54) is 6.42 Å². The Hall–Kier alpha value is -1.06. The zero-order chi connectivity index (χ0) is 9.89. The van der Waals surface area contributed by atoms with E-state index in [0.717, 1.165) is 35.1 Å². The first kappa shape index (κ1) is 7.25. The Morgan fingerprint density at radius 1 is 0.800 bits per heavy atom. The van der Waals surface area contributed by atoms with E-state index in [-0.39, 0.29) is 0 Å². The molecule has 2 N–H and O–H groups in total. The van der Waals surface area contributed by atoms with Crippen molar-refractivity contribution in [2.24, 2.45) is 57.7 Å². The van der Waals surface area contributed by atoms with Crippen LogP contribution in [-0.4, -0.2) is 21.8 Å². The SMILES string of the molecule is ON=C1C2C3CC4C2C(=NO)C2C1C3C42. The fourth-order valence-electron chi connectivity index (χ4n) is 6.13. The molecule has 0 aromatic rings. The van der Waals surface area contributed by atoms with Crippen LogP contribution < -0.4 is 0 Å². The normalized spacial score (nSPS) is 71.2. The summed E-state index contributed by atoms with van der Waals surface area (Å²) in [4.78, 5) is 0. The minimum Gasteiger partial charge on any atom is -0.411 e. The summed E-state index contributed by atoms with van der Waals surface area (Å²) in [6, 6.07) is 0. The third-order valence-corrected chi connectivity index (χ3v) is 6.10. The fraction of sp³-hybridized carbons (Fsp3) is 0.818. The Balaban J connectivity index is 1.83. The highest BCUT2D eigenvalue weighted by Crippen LogP contribution is 2.80. The molecule has 0 radical (unpaired) electrons. The molecular formula is C11H12N2O2. The molecule has 5 fully saturated rings. The van der Waals surface area contributed by atoms with Gasteiger partial charge in [-0.25, -0.2) is 0 Å². The Labute approximate surface area is 86.6 Å². The molecule has 5 saturated carbocycles. The monoisotopic (exact) mass is 204 g/mol. The Kier molecular flexibility index (Phi) is 0.874. The number of hydrogen-bond donors (Lipinski definition) is 2. The van der Waals surface area contributed by atoms with Crippen LogP contribution >= 0.6 is 0 Å². The second kappa shape index (κ2) is 1.81. The lowest BCUT2D eigenvalue weighted by molar-refractivity contribution is 0.0644. The van der Waals surface area contributed by atoms with Crippen molar-refractivity contribution >= 4 is 11.4 Å². The largest absolute Gasteiger partial charge is 0.411 e. The van der Waals surface area contributed by atoms with Crippen molar-refractivity contribution in [1.82, 2.24) is 0 Å². The highest BCUT2D eigenvalue weighted by atomic mass is 16.4. The summed E-state index contributed by atoms with van der Waals surface area (Å²) >= 11 is 0. The summed E-state index contributed by atoms with van der Waals surface area (Å²) in [5.74, 6) is 4.76. The lowest BCUT2D eigenvalue weighted by atomic mass is 9.59. The number of oxime groups is 2. The minimum absolute atomic E-state index is 0.427.